The number of halogens is 1. The highest BCUT2D eigenvalue weighted by atomic mass is 32.2. The molecule has 1 aliphatic rings. The number of benzene rings is 2. The predicted molar refractivity (Wildman–Crippen MR) is 135 cm³/mol. The van der Waals surface area contributed by atoms with E-state index in [-0.39, 0.29) is 22.1 Å². The second-order valence-corrected chi connectivity index (χ2v) is 11.2. The van der Waals surface area contributed by atoms with Crippen LogP contribution in [0.25, 0.3) is 0 Å². The summed E-state index contributed by atoms with van der Waals surface area (Å²) in [7, 11) is -2.80. The van der Waals surface area contributed by atoms with E-state index in [1.807, 2.05) is 18.7 Å². The summed E-state index contributed by atoms with van der Waals surface area (Å²) in [4.78, 5) is 24.4. The number of carbonyl (C=O) groups is 1. The van der Waals surface area contributed by atoms with Crippen LogP contribution in [0.3, 0.4) is 0 Å². The van der Waals surface area contributed by atoms with Crippen molar-refractivity contribution < 1.29 is 32.0 Å². The monoisotopic (exact) mass is 538 g/mol. The Kier molecular flexibility index (Phi) is 8.29. The summed E-state index contributed by atoms with van der Waals surface area (Å²) in [6.07, 6.45) is 3.50. The fourth-order valence-corrected chi connectivity index (χ4v) is 6.89. The molecule has 0 bridgehead atoms. The summed E-state index contributed by atoms with van der Waals surface area (Å²) < 4.78 is 50.9. The molecule has 0 amide bonds. The Labute approximate surface area is 213 Å². The van der Waals surface area contributed by atoms with Crippen molar-refractivity contribution in [3.8, 4) is 5.75 Å². The lowest BCUT2D eigenvalue weighted by Crippen LogP contribution is -2.37. The Morgan fingerprint density at radius 3 is 2.42 bits per heavy atom. The van der Waals surface area contributed by atoms with E-state index in [9.17, 15) is 27.7 Å². The van der Waals surface area contributed by atoms with E-state index in [4.69, 9.17) is 4.74 Å². The van der Waals surface area contributed by atoms with Gasteiger partial charge >= 0.3 is 5.97 Å². The van der Waals surface area contributed by atoms with Crippen LogP contribution in [0, 0.1) is 15.5 Å². The van der Waals surface area contributed by atoms with E-state index in [1.165, 1.54) is 30.0 Å². The molecule has 0 spiro atoms. The number of rotatable bonds is 8. The van der Waals surface area contributed by atoms with Crippen molar-refractivity contribution in [1.82, 2.24) is 0 Å². The van der Waals surface area contributed by atoms with Crippen LogP contribution in [0.4, 0.5) is 21.5 Å². The van der Waals surface area contributed by atoms with Crippen LogP contribution in [-0.2, 0) is 19.4 Å². The molecule has 9 nitrogen and oxygen atoms in total. The molecule has 0 N–H and O–H groups in total. The Morgan fingerprint density at radius 2 is 1.89 bits per heavy atom. The largest absolute Gasteiger partial charge is 0.464 e. The maximum absolute atomic E-state index is 13.9. The van der Waals surface area contributed by atoms with E-state index in [2.05, 4.69) is 4.74 Å². The standard InChI is InChI=1S/C24H27FN2O7S2/c1-5-24(6-2)14-26(16-7-9-17(10-8-16)27(29)30)19-11-21(35-4)20(12-22(19)36(31,32)15-24)34-13-18(25)23(28)33-3/h7-13H,5-6,14-15H2,1-4H3/b18-13-. The molecule has 1 heterocycles. The van der Waals surface area contributed by atoms with Crippen molar-refractivity contribution in [2.75, 3.05) is 30.6 Å². The summed E-state index contributed by atoms with van der Waals surface area (Å²) in [6.45, 7) is 4.24. The van der Waals surface area contributed by atoms with Crippen LogP contribution in [-0.4, -0.2) is 45.0 Å². The molecular formula is C24H27FN2O7S2. The molecule has 0 aromatic heterocycles. The van der Waals surface area contributed by atoms with Crippen molar-refractivity contribution >= 4 is 44.6 Å². The molecule has 0 radical (unpaired) electrons. The number of ether oxygens (including phenoxy) is 2. The topological polar surface area (TPSA) is 116 Å². The smallest absolute Gasteiger partial charge is 0.370 e. The summed E-state index contributed by atoms with van der Waals surface area (Å²) >= 11 is 1.25. The fourth-order valence-electron chi connectivity index (χ4n) is 4.11. The third-order valence-corrected chi connectivity index (χ3v) is 9.15. The average molecular weight is 539 g/mol. The number of methoxy groups -OCH3 is 1. The molecule has 0 aliphatic carbocycles. The lowest BCUT2D eigenvalue weighted by molar-refractivity contribution is -0.384. The van der Waals surface area contributed by atoms with Gasteiger partial charge in [-0.05, 0) is 37.3 Å². The number of fused-ring (bicyclic) bond motifs is 1. The van der Waals surface area contributed by atoms with Crippen LogP contribution in [0.15, 0.2) is 58.3 Å². The highest BCUT2D eigenvalue weighted by molar-refractivity contribution is 7.98. The van der Waals surface area contributed by atoms with Crippen molar-refractivity contribution in [3.05, 3.63) is 58.6 Å². The van der Waals surface area contributed by atoms with Gasteiger partial charge in [-0.2, -0.15) is 4.39 Å². The lowest BCUT2D eigenvalue weighted by atomic mass is 9.83. The van der Waals surface area contributed by atoms with Crippen molar-refractivity contribution in [1.29, 1.82) is 0 Å². The number of thioether (sulfide) groups is 1. The normalized spacial score (nSPS) is 16.6. The van der Waals surface area contributed by atoms with Gasteiger partial charge in [-0.3, -0.25) is 10.1 Å². The first-order valence-corrected chi connectivity index (χ1v) is 14.0. The average Bonchev–Trinajstić information content (AvgIpc) is 2.98. The molecule has 194 valence electrons. The zero-order valence-corrected chi connectivity index (χ0v) is 21.9. The number of sulfone groups is 1. The molecule has 0 atom stereocenters. The fraction of sp³-hybridized carbons (Fsp3) is 0.375. The van der Waals surface area contributed by atoms with E-state index in [1.54, 1.807) is 24.5 Å². The number of hydrogen-bond acceptors (Lipinski definition) is 9. The molecule has 12 heteroatoms. The molecule has 0 saturated heterocycles. The van der Waals surface area contributed by atoms with Gasteiger partial charge in [0.25, 0.3) is 5.69 Å². The summed E-state index contributed by atoms with van der Waals surface area (Å²) in [5.74, 6) is -2.55. The molecular weight excluding hydrogens is 511 g/mol. The Hall–Kier alpha value is -3.12. The number of hydrogen-bond donors (Lipinski definition) is 0. The van der Waals surface area contributed by atoms with E-state index in [0.717, 1.165) is 7.11 Å². The van der Waals surface area contributed by atoms with Gasteiger partial charge in [-0.15, -0.1) is 11.8 Å². The number of esters is 1. The molecule has 0 unspecified atom stereocenters. The van der Waals surface area contributed by atoms with Crippen molar-refractivity contribution in [3.63, 3.8) is 0 Å². The number of carbonyl (C=O) groups excluding carboxylic acids is 1. The van der Waals surface area contributed by atoms with E-state index < -0.39 is 32.0 Å². The summed E-state index contributed by atoms with van der Waals surface area (Å²) in [6, 6.07) is 8.90. The van der Waals surface area contributed by atoms with Gasteiger partial charge in [0.05, 0.1) is 33.3 Å². The van der Waals surface area contributed by atoms with Crippen LogP contribution in [0.5, 0.6) is 5.75 Å². The molecule has 2 aromatic rings. The van der Waals surface area contributed by atoms with Crippen molar-refractivity contribution in [2.24, 2.45) is 5.41 Å². The lowest BCUT2D eigenvalue weighted by Gasteiger charge is -2.35. The maximum Gasteiger partial charge on any atom is 0.370 e. The molecule has 0 saturated carbocycles. The minimum Gasteiger partial charge on any atom is -0.464 e. The molecule has 3 rings (SSSR count). The zero-order valence-electron chi connectivity index (χ0n) is 20.3. The van der Waals surface area contributed by atoms with E-state index in [0.29, 0.717) is 41.9 Å². The highest BCUT2D eigenvalue weighted by Gasteiger charge is 2.41. The predicted octanol–water partition coefficient (Wildman–Crippen LogP) is 5.41. The molecule has 1 aliphatic heterocycles. The number of nitro groups is 1. The zero-order chi connectivity index (χ0) is 26.7. The van der Waals surface area contributed by atoms with Gasteiger partial charge in [0.2, 0.25) is 5.83 Å². The van der Waals surface area contributed by atoms with Gasteiger partial charge in [0.1, 0.15) is 12.0 Å². The summed E-state index contributed by atoms with van der Waals surface area (Å²) in [5, 5.41) is 11.2. The van der Waals surface area contributed by atoms with Gasteiger partial charge in [-0.1, -0.05) is 13.8 Å². The molecule has 36 heavy (non-hydrogen) atoms. The highest BCUT2D eigenvalue weighted by Crippen LogP contribution is 2.47. The van der Waals surface area contributed by atoms with Gasteiger partial charge in [0.15, 0.2) is 9.84 Å². The third kappa shape index (κ3) is 5.49. The van der Waals surface area contributed by atoms with Gasteiger partial charge < -0.3 is 14.4 Å². The number of non-ortho nitro benzene ring substituents is 1. The summed E-state index contributed by atoms with van der Waals surface area (Å²) in [5.41, 5.74) is 0.327. The minimum absolute atomic E-state index is 0.00990. The van der Waals surface area contributed by atoms with Crippen LogP contribution in [0.1, 0.15) is 26.7 Å². The first-order valence-electron chi connectivity index (χ1n) is 11.1. The van der Waals surface area contributed by atoms with Gasteiger partial charge in [0, 0.05) is 35.8 Å². The number of nitro benzene ring substituents is 1. The first kappa shape index (κ1) is 27.5. The Balaban J connectivity index is 2.23. The van der Waals surface area contributed by atoms with Crippen LogP contribution < -0.4 is 9.64 Å². The molecule has 2 aromatic carbocycles. The van der Waals surface area contributed by atoms with Crippen molar-refractivity contribution in [2.45, 2.75) is 36.5 Å². The minimum atomic E-state index is -3.83. The van der Waals surface area contributed by atoms with Gasteiger partial charge in [-0.25, -0.2) is 13.2 Å². The van der Waals surface area contributed by atoms with Crippen LogP contribution in [0.2, 0.25) is 0 Å². The van der Waals surface area contributed by atoms with Crippen LogP contribution >= 0.6 is 11.8 Å². The first-order chi connectivity index (χ1) is 17.0. The quantitative estimate of drug-likeness (QED) is 0.109. The molecule has 0 fully saturated rings. The number of nitrogens with zero attached hydrogens (tertiary/aromatic N) is 2. The second-order valence-electron chi connectivity index (χ2n) is 8.37. The maximum atomic E-state index is 13.9. The number of anilines is 2. The third-order valence-electron chi connectivity index (χ3n) is 6.40. The van der Waals surface area contributed by atoms with E-state index >= 15 is 0 Å². The Morgan fingerprint density at radius 1 is 1.25 bits per heavy atom. The second kappa shape index (κ2) is 10.9. The SMILES string of the molecule is CCC1(CC)CN(c2ccc([N+](=O)[O-])cc2)c2cc(SC)c(O/C=C(\F)C(=O)OC)cc2S(=O)(=O)C1. The Bertz CT molecular complexity index is 1290.